The van der Waals surface area contributed by atoms with Gasteiger partial charge < -0.3 is 9.80 Å². The molecule has 2 amide bonds. The molecule has 0 radical (unpaired) electrons. The Morgan fingerprint density at radius 2 is 1.69 bits per heavy atom. The zero-order valence-corrected chi connectivity index (χ0v) is 19.5. The van der Waals surface area contributed by atoms with Gasteiger partial charge in [-0.2, -0.15) is 0 Å². The van der Waals surface area contributed by atoms with E-state index in [1.165, 1.54) is 30.6 Å². The number of piperidine rings is 2. The van der Waals surface area contributed by atoms with Crippen molar-refractivity contribution in [3.63, 3.8) is 0 Å². The Bertz CT molecular complexity index is 961. The number of aromatic nitrogens is 1. The minimum absolute atomic E-state index is 0.0781. The third-order valence-corrected chi connectivity index (χ3v) is 6.68. The molecule has 3 aliphatic rings. The number of hydrogen-bond acceptors (Lipinski definition) is 6. The van der Waals surface area contributed by atoms with Crippen LogP contribution in [-0.2, 0) is 9.59 Å². The first-order valence-corrected chi connectivity index (χ1v) is 11.9. The van der Waals surface area contributed by atoms with Crippen LogP contribution in [-0.4, -0.2) is 59.5 Å². The van der Waals surface area contributed by atoms with Crippen LogP contribution < -0.4 is 15.1 Å². The van der Waals surface area contributed by atoms with Crippen molar-refractivity contribution in [2.24, 2.45) is 0 Å². The van der Waals surface area contributed by atoms with Crippen molar-refractivity contribution in [2.45, 2.75) is 45.4 Å². The second kappa shape index (κ2) is 9.81. The van der Waals surface area contributed by atoms with E-state index in [4.69, 9.17) is 17.2 Å². The van der Waals surface area contributed by atoms with E-state index in [1.54, 1.807) is 12.2 Å². The van der Waals surface area contributed by atoms with Crippen LogP contribution in [0.15, 0.2) is 24.3 Å². The third kappa shape index (κ3) is 4.55. The number of nitrogens with zero attached hydrogens (tertiary/aromatic N) is 4. The maximum absolute atomic E-state index is 13.1. The molecule has 3 fully saturated rings. The van der Waals surface area contributed by atoms with Gasteiger partial charge in [0.15, 0.2) is 5.11 Å². The van der Waals surface area contributed by atoms with Crippen molar-refractivity contribution in [1.82, 2.24) is 15.2 Å². The standard InChI is InChI=1S/C24H31N5O2S/c1-3-10-29-23(31)19(22(30)26-24(29)32)16-18-17(2)15-20(27-11-6-4-7-12-27)25-21(18)28-13-8-5-9-14-28/h3,15-16H,1,4-14H2,2H3,(H,26,30,32). The molecule has 0 unspecified atom stereocenters. The van der Waals surface area contributed by atoms with Crippen LogP contribution >= 0.6 is 12.2 Å². The van der Waals surface area contributed by atoms with E-state index >= 15 is 0 Å². The van der Waals surface area contributed by atoms with E-state index in [-0.39, 0.29) is 17.2 Å². The highest BCUT2D eigenvalue weighted by molar-refractivity contribution is 7.80. The average Bonchev–Trinajstić information content (AvgIpc) is 2.81. The van der Waals surface area contributed by atoms with E-state index in [2.05, 4.69) is 27.8 Å². The van der Waals surface area contributed by atoms with Crippen molar-refractivity contribution in [2.75, 3.05) is 42.5 Å². The minimum Gasteiger partial charge on any atom is -0.357 e. The van der Waals surface area contributed by atoms with Gasteiger partial charge in [0.25, 0.3) is 11.8 Å². The fraction of sp³-hybridized carbons (Fsp3) is 0.500. The van der Waals surface area contributed by atoms with E-state index in [9.17, 15) is 9.59 Å². The highest BCUT2D eigenvalue weighted by Gasteiger charge is 2.33. The van der Waals surface area contributed by atoms with Crippen molar-refractivity contribution in [1.29, 1.82) is 0 Å². The van der Waals surface area contributed by atoms with Crippen LogP contribution in [0, 0.1) is 6.92 Å². The topological polar surface area (TPSA) is 68.8 Å². The van der Waals surface area contributed by atoms with Gasteiger partial charge in [-0.15, -0.1) is 6.58 Å². The second-order valence-corrected chi connectivity index (χ2v) is 9.04. The van der Waals surface area contributed by atoms with E-state index in [0.29, 0.717) is 0 Å². The number of aryl methyl sites for hydroxylation is 1. The number of hydrogen-bond donors (Lipinski definition) is 1. The summed E-state index contributed by atoms with van der Waals surface area (Å²) in [6.07, 6.45) is 10.4. The summed E-state index contributed by atoms with van der Waals surface area (Å²) in [5.74, 6) is 0.979. The summed E-state index contributed by atoms with van der Waals surface area (Å²) in [5, 5.41) is 2.75. The Balaban J connectivity index is 1.78. The van der Waals surface area contributed by atoms with Gasteiger partial charge in [-0.3, -0.25) is 19.8 Å². The Labute approximate surface area is 195 Å². The lowest BCUT2D eigenvalue weighted by molar-refractivity contribution is -0.128. The summed E-state index contributed by atoms with van der Waals surface area (Å²) in [6.45, 7) is 9.86. The Morgan fingerprint density at radius 1 is 1.06 bits per heavy atom. The maximum atomic E-state index is 13.1. The van der Waals surface area contributed by atoms with Crippen LogP contribution in [0.5, 0.6) is 0 Å². The SMILES string of the molecule is C=CCN1C(=O)C(=Cc2c(C)cc(N3CCCCC3)nc2N2CCCCC2)C(=O)NC1=S. The van der Waals surface area contributed by atoms with Crippen LogP contribution in [0.3, 0.4) is 0 Å². The van der Waals surface area contributed by atoms with Crippen molar-refractivity contribution in [3.8, 4) is 0 Å². The lowest BCUT2D eigenvalue weighted by Crippen LogP contribution is -2.53. The molecule has 1 aromatic heterocycles. The second-order valence-electron chi connectivity index (χ2n) is 8.65. The summed E-state index contributed by atoms with van der Waals surface area (Å²) >= 11 is 5.18. The molecule has 1 aromatic rings. The van der Waals surface area contributed by atoms with Crippen LogP contribution in [0.25, 0.3) is 6.08 Å². The molecule has 0 aliphatic carbocycles. The molecular weight excluding hydrogens is 422 g/mol. The quantitative estimate of drug-likeness (QED) is 0.320. The summed E-state index contributed by atoms with van der Waals surface area (Å²) < 4.78 is 0. The first-order chi connectivity index (χ1) is 15.5. The van der Waals surface area contributed by atoms with Crippen molar-refractivity contribution >= 4 is 46.9 Å². The zero-order valence-electron chi connectivity index (χ0n) is 18.7. The number of carbonyl (C=O) groups is 2. The Morgan fingerprint density at radius 3 is 2.31 bits per heavy atom. The Hall–Kier alpha value is -2.74. The van der Waals surface area contributed by atoms with Gasteiger partial charge in [0.2, 0.25) is 0 Å². The molecular formula is C24H31N5O2S. The van der Waals surface area contributed by atoms with Gasteiger partial charge in [0.1, 0.15) is 17.2 Å². The number of rotatable bonds is 5. The normalized spacial score (nSPS) is 21.2. The molecule has 1 N–H and O–H groups in total. The van der Waals surface area contributed by atoms with Crippen molar-refractivity contribution in [3.05, 3.63) is 35.4 Å². The average molecular weight is 454 g/mol. The minimum atomic E-state index is -0.468. The molecule has 32 heavy (non-hydrogen) atoms. The van der Waals surface area contributed by atoms with Crippen LogP contribution in [0.4, 0.5) is 11.6 Å². The summed E-state index contributed by atoms with van der Waals surface area (Å²) in [7, 11) is 0. The predicted octanol–water partition coefficient (Wildman–Crippen LogP) is 3.18. The van der Waals surface area contributed by atoms with E-state index in [0.717, 1.165) is 61.8 Å². The lowest BCUT2D eigenvalue weighted by atomic mass is 10.0. The van der Waals surface area contributed by atoms with E-state index < -0.39 is 11.8 Å². The number of thiocarbonyl (C=S) groups is 1. The molecule has 3 aliphatic heterocycles. The first kappa shape index (κ1) is 22.5. The Kier molecular flexibility index (Phi) is 6.89. The molecule has 4 heterocycles. The third-order valence-electron chi connectivity index (χ3n) is 6.35. The van der Waals surface area contributed by atoms with Gasteiger partial charge in [-0.05, 0) is 75.4 Å². The van der Waals surface area contributed by atoms with Crippen LogP contribution in [0.2, 0.25) is 0 Å². The van der Waals surface area contributed by atoms with E-state index in [1.807, 2.05) is 6.92 Å². The molecule has 0 aromatic carbocycles. The highest BCUT2D eigenvalue weighted by atomic mass is 32.1. The van der Waals surface area contributed by atoms with Crippen molar-refractivity contribution < 1.29 is 9.59 Å². The molecule has 170 valence electrons. The summed E-state index contributed by atoms with van der Waals surface area (Å²) in [4.78, 5) is 36.9. The summed E-state index contributed by atoms with van der Waals surface area (Å²) in [5.41, 5.74) is 1.92. The molecule has 0 saturated carbocycles. The zero-order chi connectivity index (χ0) is 22.7. The van der Waals surface area contributed by atoms with Gasteiger partial charge in [-0.25, -0.2) is 4.98 Å². The number of pyridine rings is 1. The number of nitrogens with one attached hydrogen (secondary N) is 1. The monoisotopic (exact) mass is 453 g/mol. The lowest BCUT2D eigenvalue weighted by Gasteiger charge is -2.33. The largest absolute Gasteiger partial charge is 0.357 e. The molecule has 0 bridgehead atoms. The van der Waals surface area contributed by atoms with Gasteiger partial charge in [0, 0.05) is 38.3 Å². The molecule has 3 saturated heterocycles. The predicted molar refractivity (Wildman–Crippen MR) is 132 cm³/mol. The highest BCUT2D eigenvalue weighted by Crippen LogP contribution is 2.32. The molecule has 7 nitrogen and oxygen atoms in total. The number of carbonyl (C=O) groups excluding carboxylic acids is 2. The van der Waals surface area contributed by atoms with Gasteiger partial charge in [-0.1, -0.05) is 6.08 Å². The number of amides is 2. The number of anilines is 2. The fourth-order valence-electron chi connectivity index (χ4n) is 4.59. The summed E-state index contributed by atoms with van der Waals surface area (Å²) in [6, 6.07) is 2.09. The van der Waals surface area contributed by atoms with Gasteiger partial charge >= 0.3 is 0 Å². The molecule has 0 spiro atoms. The molecule has 4 rings (SSSR count). The smallest absolute Gasteiger partial charge is 0.265 e. The molecule has 8 heteroatoms. The molecule has 0 atom stereocenters. The fourth-order valence-corrected chi connectivity index (χ4v) is 4.84. The van der Waals surface area contributed by atoms with Crippen LogP contribution in [0.1, 0.15) is 49.7 Å². The first-order valence-electron chi connectivity index (χ1n) is 11.5. The van der Waals surface area contributed by atoms with Gasteiger partial charge in [0.05, 0.1) is 0 Å². The maximum Gasteiger partial charge on any atom is 0.265 e.